The standard InChI is InChI=1S/C15H10N6O4S.Na.H/c16-20-18-12-5-1-10(2-6-12)14(22)8-4-11-3-7-13(19-21-17)9-15(11)26(23,24)25;;/h1-9H,(H,23,24,25);;. The van der Waals surface area contributed by atoms with E-state index in [1.807, 2.05) is 0 Å². The number of benzene rings is 2. The molecule has 0 amide bonds. The van der Waals surface area contributed by atoms with Gasteiger partial charge in [-0.15, -0.1) is 0 Å². The molecule has 0 heterocycles. The number of hydrogen-bond acceptors (Lipinski definition) is 5. The van der Waals surface area contributed by atoms with Crippen LogP contribution in [0.3, 0.4) is 0 Å². The van der Waals surface area contributed by atoms with E-state index in [4.69, 9.17) is 11.1 Å². The predicted octanol–water partition coefficient (Wildman–Crippen LogP) is 4.06. The normalized spacial score (nSPS) is 10.4. The minimum atomic E-state index is -4.59. The summed E-state index contributed by atoms with van der Waals surface area (Å²) < 4.78 is 32.3. The summed E-state index contributed by atoms with van der Waals surface area (Å²) in [6.07, 6.45) is 2.34. The first-order valence-corrected chi connectivity index (χ1v) is 8.33. The quantitative estimate of drug-likeness (QED) is 0.148. The van der Waals surface area contributed by atoms with Gasteiger partial charge in [-0.2, -0.15) is 8.42 Å². The van der Waals surface area contributed by atoms with Crippen LogP contribution in [0.5, 0.6) is 0 Å². The van der Waals surface area contributed by atoms with Crippen molar-refractivity contribution >= 4 is 62.9 Å². The Labute approximate surface area is 175 Å². The average Bonchev–Trinajstić information content (AvgIpc) is 2.60. The molecular formula is C15H11N6NaO4S. The third kappa shape index (κ3) is 6.24. The van der Waals surface area contributed by atoms with Crippen molar-refractivity contribution in [3.8, 4) is 0 Å². The third-order valence-electron chi connectivity index (χ3n) is 3.16. The first-order valence-electron chi connectivity index (χ1n) is 6.89. The molecule has 10 nitrogen and oxygen atoms in total. The van der Waals surface area contributed by atoms with E-state index in [0.29, 0.717) is 5.69 Å². The summed E-state index contributed by atoms with van der Waals surface area (Å²) >= 11 is 0. The van der Waals surface area contributed by atoms with Gasteiger partial charge in [-0.25, -0.2) is 0 Å². The van der Waals surface area contributed by atoms with E-state index in [9.17, 15) is 17.8 Å². The molecule has 0 fully saturated rings. The van der Waals surface area contributed by atoms with Crippen LogP contribution < -0.4 is 0 Å². The van der Waals surface area contributed by atoms with E-state index in [0.717, 1.165) is 12.1 Å². The summed E-state index contributed by atoms with van der Waals surface area (Å²) in [5.41, 5.74) is 17.4. The van der Waals surface area contributed by atoms with Gasteiger partial charge in [0.2, 0.25) is 0 Å². The van der Waals surface area contributed by atoms with E-state index in [1.54, 1.807) is 0 Å². The molecule has 27 heavy (non-hydrogen) atoms. The summed E-state index contributed by atoms with van der Waals surface area (Å²) in [5.74, 6) is -0.433. The van der Waals surface area contributed by atoms with Gasteiger partial charge in [0.25, 0.3) is 10.1 Å². The molecule has 0 radical (unpaired) electrons. The monoisotopic (exact) mass is 394 g/mol. The number of allylic oxidation sites excluding steroid dienone is 1. The molecule has 2 rings (SSSR count). The van der Waals surface area contributed by atoms with Crippen molar-refractivity contribution < 1.29 is 17.8 Å². The van der Waals surface area contributed by atoms with E-state index < -0.39 is 20.8 Å². The third-order valence-corrected chi connectivity index (χ3v) is 4.07. The zero-order valence-corrected chi connectivity index (χ0v) is 13.8. The first-order chi connectivity index (χ1) is 12.3. The van der Waals surface area contributed by atoms with Gasteiger partial charge in [0.1, 0.15) is 4.90 Å². The fourth-order valence-electron chi connectivity index (χ4n) is 2.00. The van der Waals surface area contributed by atoms with Crippen LogP contribution in [0.1, 0.15) is 15.9 Å². The molecule has 0 saturated heterocycles. The molecule has 0 atom stereocenters. The van der Waals surface area contributed by atoms with Crippen LogP contribution in [0.2, 0.25) is 0 Å². The van der Waals surface area contributed by atoms with Crippen LogP contribution >= 0.6 is 0 Å². The first kappa shape index (κ1) is 22.4. The molecular weight excluding hydrogens is 383 g/mol. The van der Waals surface area contributed by atoms with Crippen molar-refractivity contribution in [1.29, 1.82) is 0 Å². The minimum absolute atomic E-state index is 0. The Morgan fingerprint density at radius 1 is 1.00 bits per heavy atom. The van der Waals surface area contributed by atoms with Crippen LogP contribution in [-0.2, 0) is 10.1 Å². The van der Waals surface area contributed by atoms with Crippen LogP contribution in [0, 0.1) is 0 Å². The Kier molecular flexibility index (Phi) is 8.23. The molecule has 1 N–H and O–H groups in total. The van der Waals surface area contributed by atoms with Crippen LogP contribution in [-0.4, -0.2) is 48.3 Å². The van der Waals surface area contributed by atoms with Gasteiger partial charge in [0.05, 0.1) is 0 Å². The van der Waals surface area contributed by atoms with E-state index in [1.165, 1.54) is 42.5 Å². The van der Waals surface area contributed by atoms with Crippen molar-refractivity contribution in [2.45, 2.75) is 4.90 Å². The molecule has 0 aliphatic rings. The molecule has 0 aliphatic heterocycles. The van der Waals surface area contributed by atoms with Gasteiger partial charge < -0.3 is 0 Å². The summed E-state index contributed by atoms with van der Waals surface area (Å²) in [7, 11) is -4.59. The second-order valence-corrected chi connectivity index (χ2v) is 6.21. The number of rotatable bonds is 6. The van der Waals surface area contributed by atoms with E-state index in [2.05, 4.69) is 20.1 Å². The Balaban J connectivity index is 0.00000364. The summed E-state index contributed by atoms with van der Waals surface area (Å²) in [6, 6.07) is 9.44. The van der Waals surface area contributed by atoms with Crippen molar-refractivity contribution in [3.63, 3.8) is 0 Å². The molecule has 0 bridgehead atoms. The molecule has 2 aromatic carbocycles. The number of hydrogen-bond donors (Lipinski definition) is 1. The van der Waals surface area contributed by atoms with Crippen molar-refractivity contribution in [2.24, 2.45) is 10.2 Å². The topological polar surface area (TPSA) is 169 Å². The number of carbonyl (C=O) groups excluding carboxylic acids is 1. The summed E-state index contributed by atoms with van der Waals surface area (Å²) in [4.78, 5) is 16.8. The van der Waals surface area contributed by atoms with Crippen molar-refractivity contribution in [2.75, 3.05) is 0 Å². The number of azide groups is 2. The van der Waals surface area contributed by atoms with Crippen molar-refractivity contribution in [1.82, 2.24) is 0 Å². The number of carbonyl (C=O) groups is 1. The Morgan fingerprint density at radius 2 is 1.56 bits per heavy atom. The van der Waals surface area contributed by atoms with Crippen LogP contribution in [0.4, 0.5) is 11.4 Å². The molecule has 0 unspecified atom stereocenters. The molecule has 0 aromatic heterocycles. The van der Waals surface area contributed by atoms with Gasteiger partial charge in [0.15, 0.2) is 5.78 Å². The molecule has 0 aliphatic carbocycles. The second kappa shape index (κ2) is 9.91. The Hall–Kier alpha value is -2.62. The Bertz CT molecular complexity index is 1090. The number of ketones is 1. The molecule has 12 heteroatoms. The molecule has 132 valence electrons. The summed E-state index contributed by atoms with van der Waals surface area (Å²) in [6.45, 7) is 0. The van der Waals surface area contributed by atoms with Gasteiger partial charge in [-0.1, -0.05) is 46.6 Å². The van der Waals surface area contributed by atoms with Crippen molar-refractivity contribution in [3.05, 3.63) is 80.6 Å². The van der Waals surface area contributed by atoms with E-state index >= 15 is 0 Å². The zero-order chi connectivity index (χ0) is 19.2. The fraction of sp³-hybridized carbons (Fsp3) is 0. The maximum atomic E-state index is 12.1. The molecule has 0 spiro atoms. The maximum absolute atomic E-state index is 12.1. The average molecular weight is 394 g/mol. The van der Waals surface area contributed by atoms with Crippen LogP contribution in [0.25, 0.3) is 27.0 Å². The van der Waals surface area contributed by atoms with Gasteiger partial charge in [-0.3, -0.25) is 9.35 Å². The van der Waals surface area contributed by atoms with Gasteiger partial charge in [0, 0.05) is 26.8 Å². The fourth-order valence-corrected chi connectivity index (χ4v) is 2.71. The van der Waals surface area contributed by atoms with Crippen LogP contribution in [0.15, 0.2) is 63.7 Å². The van der Waals surface area contributed by atoms with Gasteiger partial charge >= 0.3 is 29.6 Å². The number of nitrogens with zero attached hydrogens (tertiary/aromatic N) is 6. The Morgan fingerprint density at radius 3 is 2.11 bits per heavy atom. The van der Waals surface area contributed by atoms with E-state index in [-0.39, 0.29) is 46.4 Å². The molecule has 0 saturated carbocycles. The van der Waals surface area contributed by atoms with Gasteiger partial charge in [-0.05, 0) is 34.8 Å². The second-order valence-electron chi connectivity index (χ2n) is 4.82. The summed E-state index contributed by atoms with van der Waals surface area (Å²) in [5, 5.41) is 6.65. The molecule has 2 aromatic rings. The predicted molar refractivity (Wildman–Crippen MR) is 101 cm³/mol. The zero-order valence-electron chi connectivity index (χ0n) is 13.0. The SMILES string of the molecule is [N-]=[N+]=Nc1ccc(C(=O)C=Cc2ccc(N=[N+]=[N-])cc2S(=O)(=O)O)cc1.[NaH].